The Labute approximate surface area is 616 Å². The Bertz CT molecular complexity index is 2300. The van der Waals surface area contributed by atoms with E-state index in [2.05, 4.69) is 10.0 Å². The predicted molar refractivity (Wildman–Crippen MR) is 344 cm³/mol. The molecule has 36 N–H and O–H groups in total. The zero-order valence-corrected chi connectivity index (χ0v) is 58.4. The minimum Gasteiger partial charge on any atom is -0.396 e. The highest BCUT2D eigenvalue weighted by Gasteiger charge is 2.50. The molecule has 1 aliphatic rings. The number of azide groups is 1. The van der Waals surface area contributed by atoms with Crippen LogP contribution >= 0.6 is 0 Å². The standard InChI is InChI=1S/C59H117N3O46/c60-62-61-12-2-1-3-19-99-51(91)43(89)45(104-57(97)49(37(83)28(75)9-18-68)107-58(98)48(36(82)27(74)8-17-67)106-54(94)41(87)33(79)24(71)5-14-64)29(76)10-20-100-52(92)44(90)46(103-56(96)47(35(81)26(73)7-16-66)105-53(93)40(86)32(78)23(70)4-13-63)30(77)11-21-101-59-50(39(85)38(84)31(22-69)102-59)108-55(95)42(88)34(80)25(72)6-15-65/h23-59,63-98H,1-22H2. The van der Waals surface area contributed by atoms with Crippen LogP contribution in [0.1, 0.15) is 70.6 Å². The van der Waals surface area contributed by atoms with Crippen molar-refractivity contribution in [1.82, 2.24) is 0 Å². The van der Waals surface area contributed by atoms with Gasteiger partial charge < -0.3 is 231 Å². The Hall–Kier alpha value is -2.53. The van der Waals surface area contributed by atoms with Gasteiger partial charge in [0.1, 0.15) is 122 Å². The van der Waals surface area contributed by atoms with Gasteiger partial charge in [0.25, 0.3) is 0 Å². The molecule has 0 spiro atoms. The van der Waals surface area contributed by atoms with E-state index in [1.54, 1.807) is 0 Å². The molecule has 0 aromatic rings. The second-order valence-corrected chi connectivity index (χ2v) is 25.1. The molecule has 1 rings (SSSR count). The molecular weight excluding hydrogens is 1490 g/mol. The van der Waals surface area contributed by atoms with Crippen LogP contribution in [-0.2, 0) is 47.4 Å². The molecule has 1 aliphatic heterocycles. The van der Waals surface area contributed by atoms with Gasteiger partial charge in [0.15, 0.2) is 56.6 Å². The summed E-state index contributed by atoms with van der Waals surface area (Å²) >= 11 is 0. The summed E-state index contributed by atoms with van der Waals surface area (Å²) in [5, 5.41) is 387. The number of nitrogens with zero attached hydrogens (tertiary/aromatic N) is 3. The number of aliphatic hydroxyl groups excluding tert-OH is 36. The normalized spacial score (nSPS) is 25.8. The maximum absolute atomic E-state index is 11.8. The van der Waals surface area contributed by atoms with Gasteiger partial charge in [0, 0.05) is 57.7 Å². The average molecular weight is 1600 g/mol. The lowest BCUT2D eigenvalue weighted by Crippen LogP contribution is -2.62. The second-order valence-electron chi connectivity index (χ2n) is 25.1. The van der Waals surface area contributed by atoms with Crippen molar-refractivity contribution in [2.24, 2.45) is 5.11 Å². The zero-order chi connectivity index (χ0) is 82.4. The fourth-order valence-electron chi connectivity index (χ4n) is 10.4. The maximum atomic E-state index is 11.8. The third-order valence-corrected chi connectivity index (χ3v) is 17.0. The first-order valence-corrected chi connectivity index (χ1v) is 34.3. The molecule has 0 aromatic carbocycles. The molecule has 49 heteroatoms. The Kier molecular flexibility index (Phi) is 52.8. The van der Waals surface area contributed by atoms with Gasteiger partial charge in [-0.3, -0.25) is 0 Å². The van der Waals surface area contributed by atoms with E-state index in [4.69, 9.17) is 58.0 Å². The number of unbranched alkanes of at least 4 members (excludes halogenated alkanes) is 2. The van der Waals surface area contributed by atoms with Crippen molar-refractivity contribution in [1.29, 1.82) is 0 Å². The third-order valence-electron chi connectivity index (χ3n) is 17.0. The summed E-state index contributed by atoms with van der Waals surface area (Å²) in [7, 11) is 0. The molecule has 108 heavy (non-hydrogen) atoms. The summed E-state index contributed by atoms with van der Waals surface area (Å²) in [6, 6.07) is 0. The van der Waals surface area contributed by atoms with Crippen LogP contribution in [0.4, 0.5) is 0 Å². The summed E-state index contributed by atoms with van der Waals surface area (Å²) in [5.41, 5.74) is 8.59. The van der Waals surface area contributed by atoms with Gasteiger partial charge in [-0.15, -0.1) is 0 Å². The van der Waals surface area contributed by atoms with E-state index in [1.165, 1.54) is 0 Å². The van der Waals surface area contributed by atoms with Crippen molar-refractivity contribution in [2.45, 2.75) is 298 Å². The summed E-state index contributed by atoms with van der Waals surface area (Å²) < 4.78 is 53.4. The summed E-state index contributed by atoms with van der Waals surface area (Å²) in [4.78, 5) is 2.60. The number of ether oxygens (including phenoxy) is 10. The highest BCUT2D eigenvalue weighted by Crippen LogP contribution is 2.30. The number of aliphatic hydroxyl groups is 36. The topological polar surface area (TPSA) is 869 Å². The summed E-state index contributed by atoms with van der Waals surface area (Å²) in [6.45, 7) is -8.75. The quantitative estimate of drug-likeness (QED) is 0.00884. The maximum Gasteiger partial charge on any atom is 0.187 e. The number of hydrogen-bond acceptors (Lipinski definition) is 47. The molecule has 37 atom stereocenters. The van der Waals surface area contributed by atoms with E-state index in [1.807, 2.05) is 0 Å². The Morgan fingerprint density at radius 2 is 0.639 bits per heavy atom. The number of hydrogen-bond donors (Lipinski definition) is 36. The molecule has 0 radical (unpaired) electrons. The molecule has 1 fully saturated rings. The van der Waals surface area contributed by atoms with Crippen LogP contribution in [0, 0.1) is 0 Å². The molecule has 0 aliphatic carbocycles. The van der Waals surface area contributed by atoms with Crippen molar-refractivity contribution in [2.75, 3.05) is 72.6 Å². The highest BCUT2D eigenvalue weighted by atomic mass is 16.7. The number of rotatable bonds is 64. The van der Waals surface area contributed by atoms with Crippen LogP contribution in [-0.4, -0.2) is 484 Å². The summed E-state index contributed by atoms with van der Waals surface area (Å²) in [6.07, 6.45) is -97.4. The zero-order valence-electron chi connectivity index (χ0n) is 58.4. The lowest BCUT2D eigenvalue weighted by atomic mass is 9.98. The fraction of sp³-hybridized carbons (Fsp3) is 1.00. The van der Waals surface area contributed by atoms with Gasteiger partial charge in [0.2, 0.25) is 0 Å². The SMILES string of the molecule is [N-]=[N+]=NCCCCCOC(O)C(O)C(OC(O)C(OC(O)C(OC(O)C(O)C(O)C(O)CCO)C(O)C(O)CCO)C(O)C(O)CCO)C(O)CCOC(O)C(O)C(OC(O)C(OC(O)C(O)C(O)C(O)CCO)C(O)C(O)CCO)C(O)CCOC1OC(CO)C(O)C(O)C1OC(O)C(O)C(O)C(O)CCO. The first-order chi connectivity index (χ1) is 50.8. The molecular formula is C59H117N3O46. The first-order valence-electron chi connectivity index (χ1n) is 34.3. The monoisotopic (exact) mass is 1600 g/mol. The molecule has 0 saturated carbocycles. The first kappa shape index (κ1) is 103. The van der Waals surface area contributed by atoms with Gasteiger partial charge in [-0.2, -0.15) is 0 Å². The van der Waals surface area contributed by atoms with E-state index in [-0.39, 0.29) is 25.8 Å². The van der Waals surface area contributed by atoms with Crippen LogP contribution in [0.25, 0.3) is 10.4 Å². The minimum absolute atomic E-state index is 0.0196. The lowest BCUT2D eigenvalue weighted by molar-refractivity contribution is -0.342. The molecule has 0 bridgehead atoms. The molecule has 0 aromatic heterocycles. The molecule has 644 valence electrons. The van der Waals surface area contributed by atoms with Gasteiger partial charge in [-0.1, -0.05) is 11.5 Å². The molecule has 37 unspecified atom stereocenters. The Balaban J connectivity index is 4.06. The van der Waals surface area contributed by atoms with Crippen molar-refractivity contribution in [3.8, 4) is 0 Å². The average Bonchev–Trinajstić information content (AvgIpc) is 0.793. The van der Waals surface area contributed by atoms with Crippen LogP contribution in [0.2, 0.25) is 0 Å². The van der Waals surface area contributed by atoms with E-state index in [0.29, 0.717) is 0 Å². The minimum atomic E-state index is -3.03. The van der Waals surface area contributed by atoms with Gasteiger partial charge >= 0.3 is 0 Å². The summed E-state index contributed by atoms with van der Waals surface area (Å²) in [5.74, 6) is 0. The highest BCUT2D eigenvalue weighted by molar-refractivity contribution is 4.93. The van der Waals surface area contributed by atoms with E-state index < -0.39 is 345 Å². The predicted octanol–water partition coefficient (Wildman–Crippen LogP) is -18.3. The largest absolute Gasteiger partial charge is 0.396 e. The Morgan fingerprint density at radius 3 is 0.991 bits per heavy atom. The molecule has 1 saturated heterocycles. The molecule has 0 amide bonds. The van der Waals surface area contributed by atoms with Crippen LogP contribution in [0.3, 0.4) is 0 Å². The van der Waals surface area contributed by atoms with Crippen LogP contribution < -0.4 is 0 Å². The van der Waals surface area contributed by atoms with Crippen molar-refractivity contribution < 1.29 is 231 Å². The van der Waals surface area contributed by atoms with Crippen LogP contribution in [0.15, 0.2) is 5.11 Å². The van der Waals surface area contributed by atoms with E-state index in [0.717, 1.165) is 0 Å². The Morgan fingerprint density at radius 1 is 0.315 bits per heavy atom. The second kappa shape index (κ2) is 55.1. The van der Waals surface area contributed by atoms with Crippen molar-refractivity contribution in [3.63, 3.8) is 0 Å². The lowest BCUT2D eigenvalue weighted by Gasteiger charge is -2.43. The van der Waals surface area contributed by atoms with Crippen molar-refractivity contribution in [3.05, 3.63) is 10.4 Å². The fourth-order valence-corrected chi connectivity index (χ4v) is 10.4. The van der Waals surface area contributed by atoms with Gasteiger partial charge in [-0.25, -0.2) is 0 Å². The van der Waals surface area contributed by atoms with Gasteiger partial charge in [-0.05, 0) is 69.7 Å². The van der Waals surface area contributed by atoms with Gasteiger partial charge in [0.05, 0.1) is 68.7 Å². The van der Waals surface area contributed by atoms with Crippen LogP contribution in [0.5, 0.6) is 0 Å². The van der Waals surface area contributed by atoms with Crippen molar-refractivity contribution >= 4 is 0 Å². The van der Waals surface area contributed by atoms with E-state index in [9.17, 15) is 179 Å². The smallest absolute Gasteiger partial charge is 0.187 e. The molecule has 1 heterocycles. The third kappa shape index (κ3) is 34.1. The molecule has 49 nitrogen and oxygen atoms in total. The van der Waals surface area contributed by atoms with E-state index >= 15 is 0 Å².